The van der Waals surface area contributed by atoms with Crippen molar-refractivity contribution in [2.45, 2.75) is 60.0 Å². The molecule has 1 N–H and O–H groups in total. The molecule has 7 heteroatoms. The number of benzene rings is 1. The Balaban J connectivity index is 1.81. The third-order valence-corrected chi connectivity index (χ3v) is 4.73. The fraction of sp³-hybridized carbons (Fsp3) is 0.429. The minimum Gasteiger partial charge on any atom is -0.326 e. The van der Waals surface area contributed by atoms with Crippen molar-refractivity contribution in [3.8, 4) is 0 Å². The van der Waals surface area contributed by atoms with Crippen molar-refractivity contribution in [2.75, 3.05) is 5.32 Å². The van der Waals surface area contributed by atoms with E-state index >= 15 is 0 Å². The van der Waals surface area contributed by atoms with Crippen LogP contribution in [0, 0.1) is 20.8 Å². The fourth-order valence-corrected chi connectivity index (χ4v) is 3.24. The number of rotatable bonds is 4. The Bertz CT molecular complexity index is 1100. The van der Waals surface area contributed by atoms with E-state index in [0.29, 0.717) is 16.9 Å². The van der Waals surface area contributed by atoms with Crippen molar-refractivity contribution < 1.29 is 4.79 Å². The van der Waals surface area contributed by atoms with Crippen molar-refractivity contribution in [3.05, 3.63) is 51.7 Å². The lowest BCUT2D eigenvalue weighted by molar-refractivity contribution is -0.116. The minimum absolute atomic E-state index is 0.135. The van der Waals surface area contributed by atoms with Crippen LogP contribution >= 0.6 is 0 Å². The van der Waals surface area contributed by atoms with Crippen molar-refractivity contribution in [3.63, 3.8) is 0 Å². The van der Waals surface area contributed by atoms with Crippen LogP contribution in [0.1, 0.15) is 44.1 Å². The van der Waals surface area contributed by atoms with E-state index in [1.165, 1.54) is 0 Å². The zero-order valence-electron chi connectivity index (χ0n) is 17.3. The number of anilines is 1. The SMILES string of the molecule is Cc1ccc(NC(=O)CCn2c(C)nc3c(cnn3C(C)(C)C)c2=O)c(C)c1. The molecule has 0 unspecified atom stereocenters. The van der Waals surface area contributed by atoms with Crippen molar-refractivity contribution >= 4 is 22.6 Å². The number of aromatic nitrogens is 4. The van der Waals surface area contributed by atoms with E-state index < -0.39 is 0 Å². The molecule has 2 aromatic heterocycles. The molecule has 0 spiro atoms. The number of carbonyl (C=O) groups is 1. The number of nitrogens with one attached hydrogen (secondary N) is 1. The Morgan fingerprint density at radius 2 is 1.89 bits per heavy atom. The van der Waals surface area contributed by atoms with Crippen molar-refractivity contribution in [1.29, 1.82) is 0 Å². The van der Waals surface area contributed by atoms with Crippen LogP contribution in [0.4, 0.5) is 5.69 Å². The van der Waals surface area contributed by atoms with Crippen molar-refractivity contribution in [1.82, 2.24) is 19.3 Å². The molecule has 0 aliphatic carbocycles. The minimum atomic E-state index is -0.272. The van der Waals surface area contributed by atoms with Gasteiger partial charge in [-0.05, 0) is 53.2 Å². The average molecular weight is 381 g/mol. The van der Waals surface area contributed by atoms with E-state index in [2.05, 4.69) is 15.4 Å². The summed E-state index contributed by atoms with van der Waals surface area (Å²) >= 11 is 0. The molecule has 0 saturated carbocycles. The molecule has 0 aliphatic heterocycles. The van der Waals surface area contributed by atoms with Crippen LogP contribution < -0.4 is 10.9 Å². The zero-order chi connectivity index (χ0) is 20.6. The number of amides is 1. The molecule has 28 heavy (non-hydrogen) atoms. The molecule has 0 radical (unpaired) electrons. The summed E-state index contributed by atoms with van der Waals surface area (Å²) < 4.78 is 3.30. The van der Waals surface area contributed by atoms with E-state index in [-0.39, 0.29) is 30.0 Å². The van der Waals surface area contributed by atoms with E-state index in [1.807, 2.05) is 52.8 Å². The molecular formula is C21H27N5O2. The Morgan fingerprint density at radius 3 is 2.54 bits per heavy atom. The second-order valence-electron chi connectivity index (χ2n) is 8.20. The van der Waals surface area contributed by atoms with Gasteiger partial charge in [0.05, 0.1) is 11.7 Å². The summed E-state index contributed by atoms with van der Waals surface area (Å²) in [5, 5.41) is 7.72. The zero-order valence-corrected chi connectivity index (χ0v) is 17.3. The van der Waals surface area contributed by atoms with Gasteiger partial charge in [0, 0.05) is 18.7 Å². The summed E-state index contributed by atoms with van der Waals surface area (Å²) in [7, 11) is 0. The van der Waals surface area contributed by atoms with E-state index in [9.17, 15) is 9.59 Å². The first-order valence-electron chi connectivity index (χ1n) is 9.40. The molecule has 1 amide bonds. The molecule has 7 nitrogen and oxygen atoms in total. The number of aryl methyl sites for hydroxylation is 3. The van der Waals surface area contributed by atoms with Crippen LogP contribution in [-0.2, 0) is 16.9 Å². The Morgan fingerprint density at radius 1 is 1.18 bits per heavy atom. The Kier molecular flexibility index (Phi) is 5.10. The largest absolute Gasteiger partial charge is 0.326 e. The van der Waals surface area contributed by atoms with Gasteiger partial charge in [-0.2, -0.15) is 5.10 Å². The highest BCUT2D eigenvalue weighted by atomic mass is 16.2. The lowest BCUT2D eigenvalue weighted by atomic mass is 10.1. The van der Waals surface area contributed by atoms with Gasteiger partial charge in [-0.25, -0.2) is 9.67 Å². The maximum Gasteiger partial charge on any atom is 0.264 e. The predicted molar refractivity (Wildman–Crippen MR) is 111 cm³/mol. The molecule has 0 bridgehead atoms. The molecule has 148 valence electrons. The molecule has 0 aliphatic rings. The maximum absolute atomic E-state index is 12.9. The van der Waals surface area contributed by atoms with Gasteiger partial charge < -0.3 is 5.32 Å². The van der Waals surface area contributed by atoms with Gasteiger partial charge in [0.25, 0.3) is 5.56 Å². The first kappa shape index (κ1) is 19.8. The van der Waals surface area contributed by atoms with E-state index in [0.717, 1.165) is 16.8 Å². The van der Waals surface area contributed by atoms with Crippen LogP contribution in [-0.4, -0.2) is 25.2 Å². The summed E-state index contributed by atoms with van der Waals surface area (Å²) in [5.41, 5.74) is 3.08. The highest BCUT2D eigenvalue weighted by Crippen LogP contribution is 2.19. The predicted octanol–water partition coefficient (Wildman–Crippen LogP) is 3.30. The molecule has 1 aromatic carbocycles. The number of hydrogen-bond donors (Lipinski definition) is 1. The average Bonchev–Trinajstić information content (AvgIpc) is 3.01. The van der Waals surface area contributed by atoms with E-state index in [1.54, 1.807) is 22.4 Å². The van der Waals surface area contributed by atoms with Crippen LogP contribution in [0.3, 0.4) is 0 Å². The monoisotopic (exact) mass is 381 g/mol. The van der Waals surface area contributed by atoms with Gasteiger partial charge in [-0.1, -0.05) is 17.7 Å². The Hall–Kier alpha value is -2.96. The first-order chi connectivity index (χ1) is 13.1. The third kappa shape index (κ3) is 3.83. The summed E-state index contributed by atoms with van der Waals surface area (Å²) in [4.78, 5) is 29.9. The van der Waals surface area contributed by atoms with Gasteiger partial charge in [0.15, 0.2) is 5.65 Å². The molecule has 0 atom stereocenters. The number of carbonyl (C=O) groups excluding carboxylic acids is 1. The van der Waals surface area contributed by atoms with Crippen LogP contribution in [0.5, 0.6) is 0 Å². The van der Waals surface area contributed by atoms with Crippen LogP contribution in [0.2, 0.25) is 0 Å². The van der Waals surface area contributed by atoms with Gasteiger partial charge in [0.2, 0.25) is 5.91 Å². The Labute approximate surface area is 164 Å². The lowest BCUT2D eigenvalue weighted by Gasteiger charge is -2.20. The first-order valence-corrected chi connectivity index (χ1v) is 9.40. The summed E-state index contributed by atoms with van der Waals surface area (Å²) in [6, 6.07) is 5.88. The van der Waals surface area contributed by atoms with Gasteiger partial charge in [-0.15, -0.1) is 0 Å². The van der Waals surface area contributed by atoms with Gasteiger partial charge in [-0.3, -0.25) is 14.2 Å². The van der Waals surface area contributed by atoms with E-state index in [4.69, 9.17) is 0 Å². The lowest BCUT2D eigenvalue weighted by Crippen LogP contribution is -2.28. The second kappa shape index (κ2) is 7.22. The van der Waals surface area contributed by atoms with Crippen LogP contribution in [0.25, 0.3) is 11.0 Å². The maximum atomic E-state index is 12.9. The van der Waals surface area contributed by atoms with Crippen molar-refractivity contribution in [2.24, 2.45) is 0 Å². The van der Waals surface area contributed by atoms with Crippen LogP contribution in [0.15, 0.2) is 29.2 Å². The fourth-order valence-electron chi connectivity index (χ4n) is 3.24. The molecule has 0 saturated heterocycles. The smallest absolute Gasteiger partial charge is 0.264 e. The molecule has 0 fully saturated rings. The van der Waals surface area contributed by atoms with Gasteiger partial charge >= 0.3 is 0 Å². The second-order valence-corrected chi connectivity index (χ2v) is 8.20. The third-order valence-electron chi connectivity index (χ3n) is 4.73. The summed E-state index contributed by atoms with van der Waals surface area (Å²) in [6.45, 7) is 12.1. The summed E-state index contributed by atoms with van der Waals surface area (Å²) in [5.74, 6) is 0.437. The topological polar surface area (TPSA) is 81.8 Å². The summed E-state index contributed by atoms with van der Waals surface area (Å²) in [6.07, 6.45) is 1.75. The standard InChI is InChI=1S/C21H27N5O2/c1-13-7-8-17(14(2)11-13)24-18(27)9-10-25-15(3)23-19-16(20(25)28)12-22-26(19)21(4,5)6/h7-8,11-12H,9-10H2,1-6H3,(H,24,27). The number of nitrogens with zero attached hydrogens (tertiary/aromatic N) is 4. The molecular weight excluding hydrogens is 354 g/mol. The van der Waals surface area contributed by atoms with Gasteiger partial charge in [0.1, 0.15) is 11.2 Å². The highest BCUT2D eigenvalue weighted by Gasteiger charge is 2.21. The molecule has 3 rings (SSSR count). The highest BCUT2D eigenvalue weighted by molar-refractivity contribution is 5.91. The number of fused-ring (bicyclic) bond motifs is 1. The quantitative estimate of drug-likeness (QED) is 0.752. The number of hydrogen-bond acceptors (Lipinski definition) is 4. The molecule has 3 aromatic rings. The molecule has 2 heterocycles. The normalized spacial score (nSPS) is 11.8.